The molecule has 5 atom stereocenters. The highest BCUT2D eigenvalue weighted by molar-refractivity contribution is 6.31. The molecular weight excluding hydrogens is 1150 g/mol. The van der Waals surface area contributed by atoms with E-state index in [9.17, 15) is 9.59 Å². The van der Waals surface area contributed by atoms with E-state index < -0.39 is 23.0 Å². The first kappa shape index (κ1) is 64.0. The second-order valence-electron chi connectivity index (χ2n) is 25.5. The van der Waals surface area contributed by atoms with Crippen LogP contribution < -0.4 is 22.8 Å². The lowest BCUT2D eigenvalue weighted by atomic mass is 9.90. The van der Waals surface area contributed by atoms with Crippen molar-refractivity contribution < 1.29 is 8.78 Å². The van der Waals surface area contributed by atoms with Crippen molar-refractivity contribution in [1.82, 2.24) is 38.9 Å². The van der Waals surface area contributed by atoms with Gasteiger partial charge in [-0.3, -0.25) is 28.9 Å². The maximum Gasteiger partial charge on any atom is 0.354 e. The highest BCUT2D eigenvalue weighted by Crippen LogP contribution is 2.40. The minimum Gasteiger partial charge on any atom is -0.388 e. The second-order valence-corrected chi connectivity index (χ2v) is 26.3. The van der Waals surface area contributed by atoms with Crippen LogP contribution >= 0.6 is 23.2 Å². The van der Waals surface area contributed by atoms with E-state index in [1.165, 1.54) is 35.0 Å². The van der Waals surface area contributed by atoms with Crippen molar-refractivity contribution >= 4 is 56.9 Å². The fourth-order valence-corrected chi connectivity index (χ4v) is 13.8. The molecule has 2 saturated heterocycles. The van der Waals surface area contributed by atoms with Crippen LogP contribution in [0.3, 0.4) is 0 Å². The van der Waals surface area contributed by atoms with Gasteiger partial charge in [0.1, 0.15) is 11.3 Å². The molecule has 0 spiro atoms. The zero-order valence-electron chi connectivity index (χ0n) is 52.1. The molecule has 18 heteroatoms. The normalized spacial score (nSPS) is 19.2. The summed E-state index contributed by atoms with van der Waals surface area (Å²) in [6.07, 6.45) is 21.0. The minimum atomic E-state index is -0.483. The molecule has 1 saturated carbocycles. The standard InChI is InChI=1S/C36H44ClFN6O.C34H42ClFN6O/c1-22(25-10-11-25)6-4-7-24-18-30(34(38)31(37)19-24)32-20-27-21-44(36(45)42-35(27)41-32)29-14-12-26(13-15-29)33-9-5-8-28(43(33)3)16-17-40-23(2)39;1-21(2)7-5-8-23-17-28(32(36)29(35)18-23)30-19-25-20-42(34(43)40-33(25)39-30)27-13-11-24(12-14-27)31-10-6-9-26(41(31)4)15-16-38-22(3)37/h12-15,18-22,25,28,33H,4-11,16-17H2,1-3H3,(H2,39,40)(H,41,42,45);11-14,17-21,26,31H,5-10,15-16H2,1-4H3,(H2,37,38)(H,39,40,43)/t22-,28+,33+;26-,31-/m10/s1. The van der Waals surface area contributed by atoms with E-state index in [0.717, 1.165) is 136 Å². The summed E-state index contributed by atoms with van der Waals surface area (Å²) < 4.78 is 33.5. The van der Waals surface area contributed by atoms with Gasteiger partial charge in [-0.25, -0.2) is 18.4 Å². The number of hydrogen-bond donors (Lipinski definition) is 4. The Hall–Kier alpha value is -6.98. The van der Waals surface area contributed by atoms with Crippen molar-refractivity contribution in [1.29, 1.82) is 0 Å². The Morgan fingerprint density at radius 1 is 0.614 bits per heavy atom. The number of aliphatic imine (C=N–C) groups is 2. The molecule has 0 bridgehead atoms. The summed E-state index contributed by atoms with van der Waals surface area (Å²) in [4.78, 5) is 54.7. The lowest BCUT2D eigenvalue weighted by Gasteiger charge is -2.40. The first-order valence-electron chi connectivity index (χ1n) is 31.7. The minimum absolute atomic E-state index is 0.0948. The third-order valence-corrected chi connectivity index (χ3v) is 19.0. The molecule has 3 fully saturated rings. The number of aromatic nitrogens is 6. The predicted octanol–water partition coefficient (Wildman–Crippen LogP) is 15.3. The van der Waals surface area contributed by atoms with Gasteiger partial charge < -0.3 is 21.4 Å². The molecule has 4 aromatic heterocycles. The Morgan fingerprint density at radius 3 is 1.43 bits per heavy atom. The number of amidine groups is 2. The second kappa shape index (κ2) is 28.7. The summed E-state index contributed by atoms with van der Waals surface area (Å²) in [7, 11) is 4.37. The quantitative estimate of drug-likeness (QED) is 0.0404. The van der Waals surface area contributed by atoms with Crippen LogP contribution in [0.25, 0.3) is 56.0 Å². The van der Waals surface area contributed by atoms with Crippen LogP contribution in [0.2, 0.25) is 10.0 Å². The van der Waals surface area contributed by atoms with Crippen LogP contribution in [-0.2, 0) is 12.8 Å². The van der Waals surface area contributed by atoms with E-state index in [2.05, 4.69) is 98.9 Å². The number of fused-ring (bicyclic) bond motifs is 2. The summed E-state index contributed by atoms with van der Waals surface area (Å²) in [6.45, 7) is 11.9. The van der Waals surface area contributed by atoms with Crippen molar-refractivity contribution in [3.63, 3.8) is 0 Å². The maximum absolute atomic E-state index is 15.3. The molecule has 8 aromatic rings. The van der Waals surface area contributed by atoms with Gasteiger partial charge in [0.15, 0.2) is 11.6 Å². The Labute approximate surface area is 525 Å². The number of aromatic amines is 2. The largest absolute Gasteiger partial charge is 0.388 e. The van der Waals surface area contributed by atoms with Crippen molar-refractivity contribution in [2.75, 3.05) is 27.2 Å². The van der Waals surface area contributed by atoms with Crippen LogP contribution in [-0.4, -0.2) is 89.8 Å². The van der Waals surface area contributed by atoms with Crippen LogP contribution in [0.4, 0.5) is 8.78 Å². The summed E-state index contributed by atoms with van der Waals surface area (Å²) in [5, 5.41) is 1.64. The van der Waals surface area contributed by atoms with Crippen LogP contribution in [0.5, 0.6) is 0 Å². The molecular formula is C70H86Cl2F2N12O2. The lowest BCUT2D eigenvalue weighted by Crippen LogP contribution is -2.39. The zero-order valence-corrected chi connectivity index (χ0v) is 53.6. The van der Waals surface area contributed by atoms with Crippen molar-refractivity contribution in [2.45, 2.75) is 162 Å². The van der Waals surface area contributed by atoms with E-state index >= 15 is 8.78 Å². The Bertz CT molecular complexity index is 3900. The molecule has 6 heterocycles. The molecule has 0 amide bonds. The summed E-state index contributed by atoms with van der Waals surface area (Å²) in [6, 6.07) is 28.7. The number of nitrogens with two attached hydrogens (primary N) is 2. The first-order valence-corrected chi connectivity index (χ1v) is 32.4. The van der Waals surface area contributed by atoms with E-state index in [1.54, 1.807) is 29.1 Å². The van der Waals surface area contributed by atoms with E-state index in [1.807, 2.05) is 62.4 Å². The average molecular weight is 1240 g/mol. The molecule has 2 aliphatic heterocycles. The molecule has 14 nitrogen and oxygen atoms in total. The average Bonchev–Trinajstić information content (AvgIpc) is 2.01. The van der Waals surface area contributed by atoms with Crippen molar-refractivity contribution in [2.24, 2.45) is 39.2 Å². The van der Waals surface area contributed by atoms with Gasteiger partial charge >= 0.3 is 11.4 Å². The van der Waals surface area contributed by atoms with Gasteiger partial charge in [0.2, 0.25) is 0 Å². The van der Waals surface area contributed by atoms with Crippen LogP contribution in [0.15, 0.2) is 117 Å². The van der Waals surface area contributed by atoms with Gasteiger partial charge in [-0.2, -0.15) is 9.97 Å². The lowest BCUT2D eigenvalue weighted by molar-refractivity contribution is 0.110. The number of nitrogens with one attached hydrogen (secondary N) is 2. The Balaban J connectivity index is 0.000000195. The van der Waals surface area contributed by atoms with Gasteiger partial charge in [0.25, 0.3) is 0 Å². The molecule has 0 unspecified atom stereocenters. The summed E-state index contributed by atoms with van der Waals surface area (Å²) in [5.74, 6) is 2.53. The third-order valence-electron chi connectivity index (χ3n) is 18.5. The topological polar surface area (TPSA) is 185 Å². The van der Waals surface area contributed by atoms with Gasteiger partial charge in [-0.15, -0.1) is 0 Å². The maximum atomic E-state index is 15.3. The number of halogens is 4. The number of piperidine rings is 2. The fourth-order valence-electron chi connectivity index (χ4n) is 13.3. The highest BCUT2D eigenvalue weighted by atomic mass is 35.5. The molecule has 6 N–H and O–H groups in total. The monoisotopic (exact) mass is 1230 g/mol. The fraction of sp³-hybridized carbons (Fsp3) is 0.457. The number of nitrogens with zero attached hydrogens (tertiary/aromatic N) is 8. The molecule has 0 radical (unpaired) electrons. The van der Waals surface area contributed by atoms with Crippen molar-refractivity contribution in [3.8, 4) is 33.9 Å². The SMILES string of the molecule is CC(N)=NCC[C@@H]1CCC[C@@H](c2ccc(-n3cc4cc(-c5cc(CCCC(C)C)cc(Cl)c5F)[nH]c4nc3=O)cc2)N1C.CC(N)=NCC[C@@H]1CCC[C@@H](c2ccc(-n3cc4cc(-c5cc(CCC[C@@H](C)C6CC6)cc(Cl)c5F)[nH]c4nc3=O)cc2)N1C. The zero-order chi connectivity index (χ0) is 62.3. The molecule has 4 aromatic carbocycles. The van der Waals surface area contributed by atoms with Gasteiger partial charge in [-0.05, 0) is 219 Å². The summed E-state index contributed by atoms with van der Waals surface area (Å²) >= 11 is 12.6. The molecule has 3 aliphatic rings. The number of rotatable bonds is 21. The molecule has 1 aliphatic carbocycles. The number of likely N-dealkylation sites (tertiary alicyclic amines) is 2. The number of benzene rings is 4. The van der Waals surface area contributed by atoms with E-state index in [0.29, 0.717) is 81.0 Å². The van der Waals surface area contributed by atoms with Gasteiger partial charge in [0.05, 0.1) is 44.5 Å². The van der Waals surface area contributed by atoms with Gasteiger partial charge in [-0.1, -0.05) is 81.1 Å². The number of H-pyrrole nitrogens is 2. The van der Waals surface area contributed by atoms with Crippen LogP contribution in [0.1, 0.15) is 159 Å². The number of hydrogen-bond acceptors (Lipinski definition) is 8. The predicted molar refractivity (Wildman–Crippen MR) is 357 cm³/mol. The van der Waals surface area contributed by atoms with Crippen molar-refractivity contribution in [3.05, 3.63) is 162 Å². The van der Waals surface area contributed by atoms with E-state index in [4.69, 9.17) is 34.7 Å². The summed E-state index contributed by atoms with van der Waals surface area (Å²) in [5.41, 5.74) is 19.3. The number of aryl methyl sites for hydroxylation is 2. The molecule has 11 rings (SSSR count). The van der Waals surface area contributed by atoms with E-state index in [-0.39, 0.29) is 10.0 Å². The van der Waals surface area contributed by atoms with Crippen LogP contribution in [0, 0.1) is 29.4 Å². The molecule has 88 heavy (non-hydrogen) atoms. The first-order chi connectivity index (χ1) is 42.3. The Kier molecular flexibility index (Phi) is 20.9. The Morgan fingerprint density at radius 2 is 1.03 bits per heavy atom. The third kappa shape index (κ3) is 15.5. The molecule has 466 valence electrons. The smallest absolute Gasteiger partial charge is 0.354 e. The van der Waals surface area contributed by atoms with Gasteiger partial charge in [0, 0.05) is 71.5 Å². The highest BCUT2D eigenvalue weighted by Gasteiger charge is 2.31.